The van der Waals surface area contributed by atoms with E-state index in [0.29, 0.717) is 0 Å². The molecule has 0 aliphatic heterocycles. The van der Waals surface area contributed by atoms with Crippen molar-refractivity contribution < 1.29 is 22.3 Å². The van der Waals surface area contributed by atoms with Gasteiger partial charge in [-0.05, 0) is 18.2 Å². The molecule has 1 aromatic carbocycles. The summed E-state index contributed by atoms with van der Waals surface area (Å²) in [4.78, 5) is 0. The highest BCUT2D eigenvalue weighted by atomic mass is 35.5. The Hall–Kier alpha value is -1.01. The quantitative estimate of drug-likeness (QED) is 0.829. The van der Waals surface area contributed by atoms with E-state index in [1.165, 1.54) is 13.2 Å². The minimum absolute atomic E-state index is 0. The summed E-state index contributed by atoms with van der Waals surface area (Å²) in [6.45, 7) is 0. The summed E-state index contributed by atoms with van der Waals surface area (Å²) in [7, 11) is 1.27. The SMILES string of the molecule is COc1ccc(F)c([C@@H](N)C(F)(F)F)c1.Cl. The fraction of sp³-hybridized carbons (Fsp3) is 0.333. The van der Waals surface area contributed by atoms with Crippen molar-refractivity contribution in [1.82, 2.24) is 0 Å². The van der Waals surface area contributed by atoms with Gasteiger partial charge >= 0.3 is 6.18 Å². The highest BCUT2D eigenvalue weighted by molar-refractivity contribution is 5.85. The topological polar surface area (TPSA) is 35.2 Å². The monoisotopic (exact) mass is 259 g/mol. The van der Waals surface area contributed by atoms with Crippen LogP contribution >= 0.6 is 12.4 Å². The van der Waals surface area contributed by atoms with Gasteiger partial charge in [-0.2, -0.15) is 13.2 Å². The Morgan fingerprint density at radius 2 is 1.88 bits per heavy atom. The summed E-state index contributed by atoms with van der Waals surface area (Å²) in [5, 5.41) is 0. The Bertz CT molecular complexity index is 356. The van der Waals surface area contributed by atoms with Crippen LogP contribution < -0.4 is 10.5 Å². The van der Waals surface area contributed by atoms with Gasteiger partial charge < -0.3 is 10.5 Å². The van der Waals surface area contributed by atoms with E-state index in [9.17, 15) is 17.6 Å². The first-order valence-corrected chi connectivity index (χ1v) is 4.02. The maximum Gasteiger partial charge on any atom is 0.407 e. The van der Waals surface area contributed by atoms with E-state index in [1.807, 2.05) is 0 Å². The minimum Gasteiger partial charge on any atom is -0.497 e. The average Bonchev–Trinajstić information content (AvgIpc) is 2.16. The van der Waals surface area contributed by atoms with Crippen molar-refractivity contribution >= 4 is 12.4 Å². The van der Waals surface area contributed by atoms with Crippen LogP contribution in [0.2, 0.25) is 0 Å². The van der Waals surface area contributed by atoms with Crippen molar-refractivity contribution in [2.45, 2.75) is 12.2 Å². The molecular formula is C9H10ClF4NO. The Balaban J connectivity index is 0.00000225. The smallest absolute Gasteiger partial charge is 0.407 e. The Kier molecular flexibility index (Phi) is 5.02. The number of hydrogen-bond acceptors (Lipinski definition) is 2. The lowest BCUT2D eigenvalue weighted by molar-refractivity contribution is -0.149. The maximum atomic E-state index is 13.1. The molecule has 1 aromatic rings. The van der Waals surface area contributed by atoms with Crippen LogP contribution in [0.3, 0.4) is 0 Å². The highest BCUT2D eigenvalue weighted by Crippen LogP contribution is 2.33. The van der Waals surface area contributed by atoms with Crippen molar-refractivity contribution in [2.75, 3.05) is 7.11 Å². The molecule has 0 saturated heterocycles. The highest BCUT2D eigenvalue weighted by Gasteiger charge is 2.39. The predicted molar refractivity (Wildman–Crippen MR) is 53.2 cm³/mol. The molecule has 0 amide bonds. The molecule has 2 nitrogen and oxygen atoms in total. The maximum absolute atomic E-state index is 13.1. The standard InChI is InChI=1S/C9H9F4NO.ClH/c1-15-5-2-3-7(10)6(4-5)8(14)9(11,12)13;/h2-4,8H,14H2,1H3;1H/t8-;/m1./s1. The van der Waals surface area contributed by atoms with Crippen LogP contribution in [0.1, 0.15) is 11.6 Å². The summed E-state index contributed by atoms with van der Waals surface area (Å²) >= 11 is 0. The van der Waals surface area contributed by atoms with Crippen LogP contribution in [0, 0.1) is 5.82 Å². The minimum atomic E-state index is -4.67. The van der Waals surface area contributed by atoms with E-state index >= 15 is 0 Å². The van der Waals surface area contributed by atoms with Crippen molar-refractivity contribution in [3.8, 4) is 5.75 Å². The first-order chi connectivity index (χ1) is 6.86. The van der Waals surface area contributed by atoms with Crippen molar-refractivity contribution in [3.63, 3.8) is 0 Å². The number of alkyl halides is 3. The number of methoxy groups -OCH3 is 1. The first kappa shape index (κ1) is 15.0. The zero-order valence-electron chi connectivity index (χ0n) is 8.22. The lowest BCUT2D eigenvalue weighted by atomic mass is 10.1. The number of ether oxygens (including phenoxy) is 1. The molecule has 0 spiro atoms. The van der Waals surface area contributed by atoms with E-state index < -0.39 is 23.6 Å². The van der Waals surface area contributed by atoms with Gasteiger partial charge in [0.25, 0.3) is 0 Å². The largest absolute Gasteiger partial charge is 0.497 e. The molecule has 0 unspecified atom stereocenters. The molecule has 92 valence electrons. The molecule has 7 heteroatoms. The second kappa shape index (κ2) is 5.36. The van der Waals surface area contributed by atoms with Crippen LogP contribution in [0.25, 0.3) is 0 Å². The fourth-order valence-electron chi connectivity index (χ4n) is 1.06. The molecule has 0 heterocycles. The Labute approximate surface area is 95.8 Å². The lowest BCUT2D eigenvalue weighted by Crippen LogP contribution is -2.29. The number of hydrogen-bond donors (Lipinski definition) is 1. The molecule has 1 rings (SSSR count). The second-order valence-electron chi connectivity index (χ2n) is 2.91. The molecule has 2 N–H and O–H groups in total. The predicted octanol–water partition coefficient (Wildman–Crippen LogP) is 2.82. The lowest BCUT2D eigenvalue weighted by Gasteiger charge is -2.17. The zero-order chi connectivity index (χ0) is 11.6. The van der Waals surface area contributed by atoms with Crippen LogP contribution in [-0.2, 0) is 0 Å². The van der Waals surface area contributed by atoms with Crippen LogP contribution in [-0.4, -0.2) is 13.3 Å². The Morgan fingerprint density at radius 3 is 2.31 bits per heavy atom. The molecule has 0 aliphatic carbocycles. The summed E-state index contributed by atoms with van der Waals surface area (Å²) in [6, 6.07) is 0.711. The van der Waals surface area contributed by atoms with E-state index in [4.69, 9.17) is 5.73 Å². The van der Waals surface area contributed by atoms with E-state index in [-0.39, 0.29) is 18.2 Å². The summed E-state index contributed by atoms with van der Waals surface area (Å²) in [6.07, 6.45) is -4.67. The summed E-state index contributed by atoms with van der Waals surface area (Å²) in [5.41, 5.74) is 4.25. The normalized spacial score (nSPS) is 12.9. The van der Waals surface area contributed by atoms with Gasteiger partial charge in [-0.15, -0.1) is 12.4 Å². The van der Waals surface area contributed by atoms with Crippen molar-refractivity contribution in [2.24, 2.45) is 5.73 Å². The summed E-state index contributed by atoms with van der Waals surface area (Å²) < 4.78 is 54.4. The molecule has 0 bridgehead atoms. The van der Waals surface area contributed by atoms with Crippen LogP contribution in [0.15, 0.2) is 18.2 Å². The number of halogens is 5. The van der Waals surface area contributed by atoms with Gasteiger partial charge in [-0.1, -0.05) is 0 Å². The van der Waals surface area contributed by atoms with Crippen molar-refractivity contribution in [1.29, 1.82) is 0 Å². The van der Waals surface area contributed by atoms with Crippen LogP contribution in [0.4, 0.5) is 17.6 Å². The number of nitrogens with two attached hydrogens (primary N) is 1. The third-order valence-electron chi connectivity index (χ3n) is 1.89. The van der Waals surface area contributed by atoms with E-state index in [2.05, 4.69) is 4.74 Å². The molecular weight excluding hydrogens is 250 g/mol. The Morgan fingerprint density at radius 1 is 1.31 bits per heavy atom. The van der Waals surface area contributed by atoms with Gasteiger partial charge in [0.1, 0.15) is 17.6 Å². The zero-order valence-corrected chi connectivity index (χ0v) is 9.03. The van der Waals surface area contributed by atoms with Gasteiger partial charge in [0.2, 0.25) is 0 Å². The first-order valence-electron chi connectivity index (χ1n) is 4.02. The van der Waals surface area contributed by atoms with Gasteiger partial charge in [-0.25, -0.2) is 4.39 Å². The second-order valence-corrected chi connectivity index (χ2v) is 2.91. The van der Waals surface area contributed by atoms with Gasteiger partial charge in [-0.3, -0.25) is 0 Å². The van der Waals surface area contributed by atoms with E-state index in [0.717, 1.165) is 12.1 Å². The fourth-order valence-corrected chi connectivity index (χ4v) is 1.06. The van der Waals surface area contributed by atoms with Gasteiger partial charge in [0, 0.05) is 5.56 Å². The molecule has 0 fully saturated rings. The van der Waals surface area contributed by atoms with Crippen LogP contribution in [0.5, 0.6) is 5.75 Å². The molecule has 16 heavy (non-hydrogen) atoms. The molecule has 0 radical (unpaired) electrons. The van der Waals surface area contributed by atoms with Crippen molar-refractivity contribution in [3.05, 3.63) is 29.6 Å². The molecule has 0 saturated carbocycles. The molecule has 0 aliphatic rings. The average molecular weight is 260 g/mol. The number of rotatable bonds is 2. The molecule has 1 atom stereocenters. The van der Waals surface area contributed by atoms with E-state index in [1.54, 1.807) is 0 Å². The van der Waals surface area contributed by atoms with Gasteiger partial charge in [0.05, 0.1) is 7.11 Å². The summed E-state index contributed by atoms with van der Waals surface area (Å²) in [5.74, 6) is -0.869. The molecule has 0 aromatic heterocycles. The number of benzene rings is 1. The third-order valence-corrected chi connectivity index (χ3v) is 1.89. The third kappa shape index (κ3) is 3.24. The van der Waals surface area contributed by atoms with Gasteiger partial charge in [0.15, 0.2) is 0 Å².